The van der Waals surface area contributed by atoms with Crippen LogP contribution < -0.4 is 4.74 Å². The van der Waals surface area contributed by atoms with Gasteiger partial charge < -0.3 is 4.74 Å². The van der Waals surface area contributed by atoms with Crippen LogP contribution in [0.5, 0.6) is 5.88 Å². The van der Waals surface area contributed by atoms with Crippen LogP contribution in [0.2, 0.25) is 5.02 Å². The Bertz CT molecular complexity index is 577. The van der Waals surface area contributed by atoms with Gasteiger partial charge in [-0.3, -0.25) is 0 Å². The van der Waals surface area contributed by atoms with E-state index in [1.807, 2.05) is 13.0 Å². The monoisotopic (exact) mass is 329 g/mol. The van der Waals surface area contributed by atoms with Gasteiger partial charge in [-0.25, -0.2) is 9.37 Å². The minimum Gasteiger partial charge on any atom is -0.473 e. The van der Waals surface area contributed by atoms with E-state index in [4.69, 9.17) is 16.3 Å². The lowest BCUT2D eigenvalue weighted by Crippen LogP contribution is -2.00. The lowest BCUT2D eigenvalue weighted by molar-refractivity contribution is 0.287. The predicted octanol–water partition coefficient (Wildman–Crippen LogP) is 4.52. The third-order valence-electron chi connectivity index (χ3n) is 2.40. The van der Waals surface area contributed by atoms with Gasteiger partial charge in [0.15, 0.2) is 0 Å². The Morgan fingerprint density at radius 2 is 2.11 bits per heavy atom. The van der Waals surface area contributed by atoms with E-state index in [1.165, 1.54) is 6.07 Å². The SMILES string of the molecule is Cc1ccc(OCc2ccc(Cl)cc2F)nc1Br. The van der Waals surface area contributed by atoms with Crippen LogP contribution in [0, 0.1) is 12.7 Å². The molecule has 0 amide bonds. The fourth-order valence-electron chi connectivity index (χ4n) is 1.36. The normalized spacial score (nSPS) is 10.4. The Morgan fingerprint density at radius 1 is 1.33 bits per heavy atom. The van der Waals surface area contributed by atoms with Gasteiger partial charge in [0.2, 0.25) is 5.88 Å². The zero-order valence-corrected chi connectivity index (χ0v) is 11.9. The number of aromatic nitrogens is 1. The summed E-state index contributed by atoms with van der Waals surface area (Å²) in [5, 5.41) is 0.368. The first-order valence-corrected chi connectivity index (χ1v) is 6.43. The maximum Gasteiger partial charge on any atom is 0.214 e. The third-order valence-corrected chi connectivity index (χ3v) is 3.44. The Kier molecular flexibility index (Phi) is 4.19. The van der Waals surface area contributed by atoms with E-state index >= 15 is 0 Å². The lowest BCUT2D eigenvalue weighted by Gasteiger charge is -2.07. The first kappa shape index (κ1) is 13.3. The molecule has 0 unspecified atom stereocenters. The van der Waals surface area contributed by atoms with E-state index in [-0.39, 0.29) is 12.4 Å². The second-order valence-corrected chi connectivity index (χ2v) is 4.97. The number of nitrogens with zero attached hydrogens (tertiary/aromatic N) is 1. The summed E-state index contributed by atoms with van der Waals surface area (Å²) in [5.74, 6) is 0.0653. The number of hydrogen-bond acceptors (Lipinski definition) is 2. The van der Waals surface area contributed by atoms with Gasteiger partial charge in [0.1, 0.15) is 17.0 Å². The van der Waals surface area contributed by atoms with Crippen molar-refractivity contribution in [1.82, 2.24) is 4.98 Å². The molecule has 0 fully saturated rings. The summed E-state index contributed by atoms with van der Waals surface area (Å²) >= 11 is 8.99. The number of benzene rings is 1. The van der Waals surface area contributed by atoms with Crippen molar-refractivity contribution in [3.05, 3.63) is 56.9 Å². The fourth-order valence-corrected chi connectivity index (χ4v) is 1.82. The molecule has 0 aliphatic heterocycles. The molecule has 94 valence electrons. The van der Waals surface area contributed by atoms with Crippen molar-refractivity contribution in [1.29, 1.82) is 0 Å². The lowest BCUT2D eigenvalue weighted by atomic mass is 10.2. The molecule has 1 aromatic carbocycles. The largest absolute Gasteiger partial charge is 0.473 e. The van der Waals surface area contributed by atoms with E-state index in [2.05, 4.69) is 20.9 Å². The minimum absolute atomic E-state index is 0.117. The summed E-state index contributed by atoms with van der Waals surface area (Å²) < 4.78 is 19.6. The smallest absolute Gasteiger partial charge is 0.214 e. The number of halogens is 3. The standard InChI is InChI=1S/C13H10BrClFNO/c1-8-2-5-12(17-13(8)14)18-7-9-3-4-10(15)6-11(9)16/h2-6H,7H2,1H3. The van der Waals surface area contributed by atoms with Crippen LogP contribution in [-0.2, 0) is 6.61 Å². The maximum atomic E-state index is 13.5. The van der Waals surface area contributed by atoms with Crippen LogP contribution in [0.3, 0.4) is 0 Å². The Labute approximate surface area is 118 Å². The predicted molar refractivity (Wildman–Crippen MR) is 72.4 cm³/mol. The summed E-state index contributed by atoms with van der Waals surface area (Å²) in [6, 6.07) is 8.11. The Morgan fingerprint density at radius 3 is 2.78 bits per heavy atom. The highest BCUT2D eigenvalue weighted by molar-refractivity contribution is 9.10. The molecular formula is C13H10BrClFNO. The Hall–Kier alpha value is -1.13. The van der Waals surface area contributed by atoms with Gasteiger partial charge in [0, 0.05) is 16.7 Å². The zero-order chi connectivity index (χ0) is 13.1. The molecular weight excluding hydrogens is 321 g/mol. The van der Waals surface area contributed by atoms with Crippen molar-refractivity contribution in [2.45, 2.75) is 13.5 Å². The maximum absolute atomic E-state index is 13.5. The molecule has 0 aliphatic rings. The topological polar surface area (TPSA) is 22.1 Å². The van der Waals surface area contributed by atoms with Crippen LogP contribution in [0.4, 0.5) is 4.39 Å². The van der Waals surface area contributed by atoms with Crippen LogP contribution in [0.25, 0.3) is 0 Å². The average molecular weight is 331 g/mol. The molecule has 2 rings (SSSR count). The van der Waals surface area contributed by atoms with E-state index < -0.39 is 0 Å². The highest BCUT2D eigenvalue weighted by Crippen LogP contribution is 2.20. The molecule has 0 radical (unpaired) electrons. The molecule has 18 heavy (non-hydrogen) atoms. The molecule has 0 spiro atoms. The van der Waals surface area contributed by atoms with E-state index in [1.54, 1.807) is 18.2 Å². The quantitative estimate of drug-likeness (QED) is 0.772. The van der Waals surface area contributed by atoms with E-state index in [0.717, 1.165) is 10.2 Å². The minimum atomic E-state index is -0.381. The summed E-state index contributed by atoms with van der Waals surface area (Å²) in [6.07, 6.45) is 0. The van der Waals surface area contributed by atoms with Gasteiger partial charge in [-0.2, -0.15) is 0 Å². The van der Waals surface area contributed by atoms with Crippen LogP contribution in [0.15, 0.2) is 34.9 Å². The van der Waals surface area contributed by atoms with Crippen molar-refractivity contribution in [2.24, 2.45) is 0 Å². The fraction of sp³-hybridized carbons (Fsp3) is 0.154. The summed E-state index contributed by atoms with van der Waals surface area (Å²) in [7, 11) is 0. The van der Waals surface area contributed by atoms with Gasteiger partial charge >= 0.3 is 0 Å². The number of ether oxygens (including phenoxy) is 1. The van der Waals surface area contributed by atoms with E-state index in [0.29, 0.717) is 16.5 Å². The first-order valence-electron chi connectivity index (χ1n) is 5.26. The van der Waals surface area contributed by atoms with Crippen molar-refractivity contribution < 1.29 is 9.13 Å². The average Bonchev–Trinajstić information content (AvgIpc) is 2.32. The van der Waals surface area contributed by atoms with Crippen LogP contribution in [-0.4, -0.2) is 4.98 Å². The highest BCUT2D eigenvalue weighted by atomic mass is 79.9. The molecule has 1 heterocycles. The number of pyridine rings is 1. The van der Waals surface area contributed by atoms with Crippen LogP contribution >= 0.6 is 27.5 Å². The third kappa shape index (κ3) is 3.21. The molecule has 0 saturated heterocycles. The van der Waals surface area contributed by atoms with Crippen molar-refractivity contribution in [3.63, 3.8) is 0 Å². The second kappa shape index (κ2) is 5.67. The van der Waals surface area contributed by atoms with E-state index in [9.17, 15) is 4.39 Å². The second-order valence-electron chi connectivity index (χ2n) is 3.78. The summed E-state index contributed by atoms with van der Waals surface area (Å²) in [4.78, 5) is 4.18. The molecule has 5 heteroatoms. The van der Waals surface area contributed by atoms with Crippen molar-refractivity contribution in [2.75, 3.05) is 0 Å². The molecule has 1 aromatic heterocycles. The Balaban J connectivity index is 2.09. The highest BCUT2D eigenvalue weighted by Gasteiger charge is 2.05. The number of hydrogen-bond donors (Lipinski definition) is 0. The molecule has 0 aliphatic carbocycles. The summed E-state index contributed by atoms with van der Waals surface area (Å²) in [5.41, 5.74) is 1.46. The van der Waals surface area contributed by atoms with Gasteiger partial charge in [0.05, 0.1) is 0 Å². The molecule has 0 atom stereocenters. The van der Waals surface area contributed by atoms with Gasteiger partial charge in [0.25, 0.3) is 0 Å². The van der Waals surface area contributed by atoms with Crippen molar-refractivity contribution >= 4 is 27.5 Å². The number of rotatable bonds is 3. The summed E-state index contributed by atoms with van der Waals surface area (Å²) in [6.45, 7) is 2.05. The molecule has 2 aromatic rings. The first-order chi connectivity index (χ1) is 8.56. The van der Waals surface area contributed by atoms with Crippen LogP contribution in [0.1, 0.15) is 11.1 Å². The molecule has 0 saturated carbocycles. The van der Waals surface area contributed by atoms with Gasteiger partial charge in [-0.15, -0.1) is 0 Å². The molecule has 0 N–H and O–H groups in total. The molecule has 2 nitrogen and oxygen atoms in total. The van der Waals surface area contributed by atoms with Gasteiger partial charge in [-0.1, -0.05) is 23.7 Å². The van der Waals surface area contributed by atoms with Crippen molar-refractivity contribution in [3.8, 4) is 5.88 Å². The zero-order valence-electron chi connectivity index (χ0n) is 9.58. The molecule has 0 bridgehead atoms. The van der Waals surface area contributed by atoms with Gasteiger partial charge in [-0.05, 0) is 40.5 Å². The number of aryl methyl sites for hydroxylation is 1.